The van der Waals surface area contributed by atoms with Crippen molar-refractivity contribution in [2.24, 2.45) is 11.8 Å². The van der Waals surface area contributed by atoms with Gasteiger partial charge in [0.25, 0.3) is 0 Å². The van der Waals surface area contributed by atoms with Crippen molar-refractivity contribution >= 4 is 35.6 Å². The summed E-state index contributed by atoms with van der Waals surface area (Å²) in [7, 11) is 2.18. The smallest absolute Gasteiger partial charge is 0.0595 e. The summed E-state index contributed by atoms with van der Waals surface area (Å²) >= 11 is 12.2. The van der Waals surface area contributed by atoms with Gasteiger partial charge in [0.1, 0.15) is 0 Å². The molecule has 3 atom stereocenters. The van der Waals surface area contributed by atoms with Crippen LogP contribution >= 0.6 is 35.6 Å². The molecule has 1 aromatic rings. The van der Waals surface area contributed by atoms with Crippen LogP contribution in [-0.2, 0) is 10.2 Å². The SMILES string of the molecule is CCOC[C@@H]1C2CN(C)CC21c1ccc(Cl)c(Cl)c1.Cl. The molecular formula is C15H20Cl3NO. The summed E-state index contributed by atoms with van der Waals surface area (Å²) in [6.07, 6.45) is 0. The molecule has 2 unspecified atom stereocenters. The zero-order valence-corrected chi connectivity index (χ0v) is 14.1. The van der Waals surface area contributed by atoms with E-state index in [2.05, 4.69) is 24.9 Å². The van der Waals surface area contributed by atoms with Crippen molar-refractivity contribution in [3.05, 3.63) is 33.8 Å². The molecule has 1 aromatic carbocycles. The summed E-state index contributed by atoms with van der Waals surface area (Å²) in [5.74, 6) is 1.32. The van der Waals surface area contributed by atoms with Crippen LogP contribution in [0.2, 0.25) is 10.0 Å². The standard InChI is InChI=1S/C15H19Cl2NO.ClH/c1-3-19-8-12-11-7-18(2)9-15(11,12)10-4-5-13(16)14(17)6-10;/h4-6,11-12H,3,7-9H2,1-2H3;1H/t11?,12-,15?;/m1./s1. The lowest BCUT2D eigenvalue weighted by Crippen LogP contribution is -2.27. The van der Waals surface area contributed by atoms with Crippen molar-refractivity contribution in [1.82, 2.24) is 4.90 Å². The number of fused-ring (bicyclic) bond motifs is 1. The number of likely N-dealkylation sites (tertiary alicyclic amines) is 1. The van der Waals surface area contributed by atoms with Crippen molar-refractivity contribution in [3.63, 3.8) is 0 Å². The number of hydrogen-bond acceptors (Lipinski definition) is 2. The second-order valence-electron chi connectivity index (χ2n) is 5.74. The van der Waals surface area contributed by atoms with E-state index in [-0.39, 0.29) is 17.8 Å². The van der Waals surface area contributed by atoms with Crippen LogP contribution in [0.25, 0.3) is 0 Å². The van der Waals surface area contributed by atoms with Crippen LogP contribution in [0.1, 0.15) is 12.5 Å². The van der Waals surface area contributed by atoms with E-state index in [9.17, 15) is 0 Å². The van der Waals surface area contributed by atoms with E-state index < -0.39 is 0 Å². The van der Waals surface area contributed by atoms with Gasteiger partial charge in [0.15, 0.2) is 0 Å². The summed E-state index contributed by atoms with van der Waals surface area (Å²) in [6.45, 7) is 5.94. The first-order chi connectivity index (χ1) is 9.09. The van der Waals surface area contributed by atoms with Gasteiger partial charge in [0, 0.05) is 25.1 Å². The van der Waals surface area contributed by atoms with E-state index in [1.807, 2.05) is 12.1 Å². The van der Waals surface area contributed by atoms with E-state index in [4.69, 9.17) is 27.9 Å². The average Bonchev–Trinajstić information content (AvgIpc) is 2.80. The maximum Gasteiger partial charge on any atom is 0.0595 e. The largest absolute Gasteiger partial charge is 0.381 e. The summed E-state index contributed by atoms with van der Waals surface area (Å²) in [4.78, 5) is 2.40. The Kier molecular flexibility index (Phi) is 4.93. The molecular weight excluding hydrogens is 317 g/mol. The molecule has 112 valence electrons. The molecule has 1 aliphatic carbocycles. The van der Waals surface area contributed by atoms with Gasteiger partial charge in [-0.05, 0) is 43.5 Å². The number of ether oxygens (including phenoxy) is 1. The van der Waals surface area contributed by atoms with Crippen LogP contribution in [0.15, 0.2) is 18.2 Å². The molecule has 1 aliphatic heterocycles. The average molecular weight is 337 g/mol. The Morgan fingerprint density at radius 1 is 1.35 bits per heavy atom. The number of halogens is 3. The van der Waals surface area contributed by atoms with Crippen LogP contribution in [0.3, 0.4) is 0 Å². The topological polar surface area (TPSA) is 12.5 Å². The van der Waals surface area contributed by atoms with Gasteiger partial charge in [-0.3, -0.25) is 0 Å². The first-order valence-corrected chi connectivity index (χ1v) is 7.57. The second kappa shape index (κ2) is 6.02. The highest BCUT2D eigenvalue weighted by Gasteiger charge is 2.68. The first-order valence-electron chi connectivity index (χ1n) is 6.81. The number of nitrogens with zero attached hydrogens (tertiary/aromatic N) is 1. The fourth-order valence-electron chi connectivity index (χ4n) is 3.79. The number of hydrogen-bond donors (Lipinski definition) is 0. The van der Waals surface area contributed by atoms with Crippen LogP contribution in [0, 0.1) is 11.8 Å². The highest BCUT2D eigenvalue weighted by Crippen LogP contribution is 2.64. The normalized spacial score (nSPS) is 31.8. The Morgan fingerprint density at radius 3 is 2.75 bits per heavy atom. The molecule has 5 heteroatoms. The zero-order valence-electron chi connectivity index (χ0n) is 11.7. The van der Waals surface area contributed by atoms with Crippen molar-refractivity contribution in [2.45, 2.75) is 12.3 Å². The monoisotopic (exact) mass is 335 g/mol. The van der Waals surface area contributed by atoms with Gasteiger partial charge in [0.2, 0.25) is 0 Å². The third kappa shape index (κ3) is 2.46. The zero-order chi connectivity index (χ0) is 13.6. The molecule has 20 heavy (non-hydrogen) atoms. The van der Waals surface area contributed by atoms with Crippen LogP contribution < -0.4 is 0 Å². The van der Waals surface area contributed by atoms with E-state index in [0.717, 1.165) is 26.3 Å². The van der Waals surface area contributed by atoms with E-state index in [0.29, 0.717) is 21.9 Å². The van der Waals surface area contributed by atoms with Gasteiger partial charge in [0.05, 0.1) is 16.7 Å². The van der Waals surface area contributed by atoms with Gasteiger partial charge in [-0.1, -0.05) is 29.3 Å². The minimum absolute atomic E-state index is 0. The maximum absolute atomic E-state index is 6.18. The van der Waals surface area contributed by atoms with Gasteiger partial charge < -0.3 is 9.64 Å². The fraction of sp³-hybridized carbons (Fsp3) is 0.600. The van der Waals surface area contributed by atoms with Gasteiger partial charge >= 0.3 is 0 Å². The Balaban J connectivity index is 0.00000147. The Bertz CT molecular complexity index is 496. The summed E-state index contributed by atoms with van der Waals surface area (Å²) in [5.41, 5.74) is 1.55. The molecule has 0 radical (unpaired) electrons. The molecule has 0 aromatic heterocycles. The van der Waals surface area contributed by atoms with Gasteiger partial charge in [-0.15, -0.1) is 12.4 Å². The molecule has 1 saturated carbocycles. The van der Waals surface area contributed by atoms with E-state index in [1.165, 1.54) is 5.56 Å². The Hall–Kier alpha value is 0.01000. The molecule has 0 bridgehead atoms. The Labute approximate surface area is 136 Å². The predicted octanol–water partition coefficient (Wildman–Crippen LogP) is 3.88. The summed E-state index contributed by atoms with van der Waals surface area (Å²) in [5, 5.41) is 1.29. The molecule has 3 rings (SSSR count). The van der Waals surface area contributed by atoms with Gasteiger partial charge in [-0.25, -0.2) is 0 Å². The number of likely N-dealkylation sites (N-methyl/N-ethyl adjacent to an activating group) is 1. The molecule has 1 saturated heterocycles. The number of rotatable bonds is 4. The lowest BCUT2D eigenvalue weighted by atomic mass is 9.93. The van der Waals surface area contributed by atoms with Crippen molar-refractivity contribution < 1.29 is 4.74 Å². The molecule has 2 aliphatic rings. The summed E-state index contributed by atoms with van der Waals surface area (Å²) in [6, 6.07) is 6.09. The molecule has 1 heterocycles. The maximum atomic E-state index is 6.18. The van der Waals surface area contributed by atoms with E-state index >= 15 is 0 Å². The number of benzene rings is 1. The van der Waals surface area contributed by atoms with Crippen molar-refractivity contribution in [3.8, 4) is 0 Å². The fourth-order valence-corrected chi connectivity index (χ4v) is 4.09. The molecule has 0 amide bonds. The lowest BCUT2D eigenvalue weighted by Gasteiger charge is -2.21. The van der Waals surface area contributed by atoms with Gasteiger partial charge in [-0.2, -0.15) is 0 Å². The quantitative estimate of drug-likeness (QED) is 0.827. The van der Waals surface area contributed by atoms with Crippen LogP contribution in [0.5, 0.6) is 0 Å². The molecule has 2 nitrogen and oxygen atoms in total. The minimum atomic E-state index is 0. The van der Waals surface area contributed by atoms with Crippen molar-refractivity contribution in [2.75, 3.05) is 33.4 Å². The lowest BCUT2D eigenvalue weighted by molar-refractivity contribution is 0.120. The molecule has 0 N–H and O–H groups in total. The molecule has 2 fully saturated rings. The highest BCUT2D eigenvalue weighted by molar-refractivity contribution is 6.42. The summed E-state index contributed by atoms with van der Waals surface area (Å²) < 4.78 is 5.65. The Morgan fingerprint density at radius 2 is 2.10 bits per heavy atom. The second-order valence-corrected chi connectivity index (χ2v) is 6.55. The minimum Gasteiger partial charge on any atom is -0.381 e. The number of piperidine rings is 1. The van der Waals surface area contributed by atoms with Crippen molar-refractivity contribution in [1.29, 1.82) is 0 Å². The van der Waals surface area contributed by atoms with Crippen LogP contribution in [-0.4, -0.2) is 38.3 Å². The third-order valence-electron chi connectivity index (χ3n) is 4.70. The van der Waals surface area contributed by atoms with Crippen LogP contribution in [0.4, 0.5) is 0 Å². The molecule has 0 spiro atoms. The highest BCUT2D eigenvalue weighted by atomic mass is 35.5. The predicted molar refractivity (Wildman–Crippen MR) is 86.4 cm³/mol. The van der Waals surface area contributed by atoms with E-state index in [1.54, 1.807) is 0 Å². The first kappa shape index (κ1) is 16.4. The third-order valence-corrected chi connectivity index (χ3v) is 5.44.